The van der Waals surface area contributed by atoms with E-state index in [1.807, 2.05) is 0 Å². The summed E-state index contributed by atoms with van der Waals surface area (Å²) in [6, 6.07) is 4.89. The van der Waals surface area contributed by atoms with Crippen LogP contribution in [0, 0.1) is 0 Å². The fourth-order valence-corrected chi connectivity index (χ4v) is 1.24. The first-order chi connectivity index (χ1) is 8.13. The van der Waals surface area contributed by atoms with Crippen LogP contribution >= 0.6 is 11.6 Å². The fourth-order valence-electron chi connectivity index (χ4n) is 1.13. The van der Waals surface area contributed by atoms with Crippen LogP contribution in [0.15, 0.2) is 18.2 Å². The highest BCUT2D eigenvalue weighted by molar-refractivity contribution is 6.33. The Bertz CT molecular complexity index is 385. The number of rotatable bonds is 6. The van der Waals surface area contributed by atoms with Crippen LogP contribution in [0.3, 0.4) is 0 Å². The molecule has 94 valence electrons. The third kappa shape index (κ3) is 5.04. The number of carbonyl (C=O) groups excluding carboxylic acids is 1. The van der Waals surface area contributed by atoms with Crippen LogP contribution in [0.1, 0.15) is 0 Å². The third-order valence-corrected chi connectivity index (χ3v) is 2.29. The molecule has 0 bridgehead atoms. The molecular weight excluding hydrogens is 244 g/mol. The van der Waals surface area contributed by atoms with Gasteiger partial charge in [-0.2, -0.15) is 0 Å². The first-order valence-electron chi connectivity index (χ1n) is 5.05. The number of halogens is 1. The molecule has 0 fully saturated rings. The summed E-state index contributed by atoms with van der Waals surface area (Å²) in [6.45, 7) is 0.819. The van der Waals surface area contributed by atoms with Gasteiger partial charge in [0.1, 0.15) is 6.61 Å². The molecule has 17 heavy (non-hydrogen) atoms. The Morgan fingerprint density at radius 2 is 2.24 bits per heavy atom. The maximum atomic E-state index is 11.4. The first-order valence-corrected chi connectivity index (χ1v) is 5.43. The van der Waals surface area contributed by atoms with Crippen LogP contribution in [0.5, 0.6) is 0 Å². The van der Waals surface area contributed by atoms with Gasteiger partial charge in [-0.05, 0) is 18.2 Å². The lowest BCUT2D eigenvalue weighted by Gasteiger charge is -2.07. The van der Waals surface area contributed by atoms with E-state index in [1.54, 1.807) is 25.3 Å². The van der Waals surface area contributed by atoms with Crippen molar-refractivity contribution >= 4 is 28.9 Å². The number of hydrogen-bond donors (Lipinski definition) is 2. The van der Waals surface area contributed by atoms with Crippen LogP contribution in [0.4, 0.5) is 11.4 Å². The van der Waals surface area contributed by atoms with Crippen molar-refractivity contribution < 1.29 is 14.3 Å². The van der Waals surface area contributed by atoms with Crippen LogP contribution in [0.25, 0.3) is 0 Å². The van der Waals surface area contributed by atoms with E-state index in [4.69, 9.17) is 26.8 Å². The van der Waals surface area contributed by atoms with Gasteiger partial charge in [-0.3, -0.25) is 4.79 Å². The number of benzene rings is 1. The normalized spacial score (nSPS) is 10.2. The zero-order chi connectivity index (χ0) is 12.7. The number of nitrogen functional groups attached to an aromatic ring is 1. The largest absolute Gasteiger partial charge is 0.397 e. The van der Waals surface area contributed by atoms with Crippen LogP contribution in [0.2, 0.25) is 5.02 Å². The Labute approximate surface area is 105 Å². The molecule has 0 heterocycles. The van der Waals surface area contributed by atoms with Crippen molar-refractivity contribution in [3.8, 4) is 0 Å². The van der Waals surface area contributed by atoms with E-state index in [0.717, 1.165) is 0 Å². The van der Waals surface area contributed by atoms with Crippen molar-refractivity contribution in [1.29, 1.82) is 0 Å². The lowest BCUT2D eigenvalue weighted by Crippen LogP contribution is -2.19. The van der Waals surface area contributed by atoms with Crippen molar-refractivity contribution in [2.75, 3.05) is 38.0 Å². The van der Waals surface area contributed by atoms with E-state index >= 15 is 0 Å². The van der Waals surface area contributed by atoms with E-state index in [-0.39, 0.29) is 12.5 Å². The van der Waals surface area contributed by atoms with Crippen molar-refractivity contribution in [1.82, 2.24) is 0 Å². The molecule has 5 nitrogen and oxygen atoms in total. The molecule has 0 aliphatic heterocycles. The summed E-state index contributed by atoms with van der Waals surface area (Å²) in [5.74, 6) is -0.247. The highest BCUT2D eigenvalue weighted by Crippen LogP contribution is 2.22. The number of carbonyl (C=O) groups is 1. The Kier molecular flexibility index (Phi) is 5.76. The molecule has 0 unspecified atom stereocenters. The highest BCUT2D eigenvalue weighted by atomic mass is 35.5. The van der Waals surface area contributed by atoms with Gasteiger partial charge in [0.2, 0.25) is 5.91 Å². The summed E-state index contributed by atoms with van der Waals surface area (Å²) in [4.78, 5) is 11.4. The zero-order valence-electron chi connectivity index (χ0n) is 9.53. The molecule has 3 N–H and O–H groups in total. The molecule has 0 saturated heterocycles. The standard InChI is InChI=1S/C11H15ClN2O3/c1-16-4-5-17-7-11(15)14-8-2-3-9(12)10(13)6-8/h2-3,6H,4-5,7,13H2,1H3,(H,14,15). The molecule has 1 aromatic rings. The molecule has 0 aliphatic carbocycles. The van der Waals surface area contributed by atoms with E-state index in [2.05, 4.69) is 5.32 Å². The SMILES string of the molecule is COCCOCC(=O)Nc1ccc(Cl)c(N)c1. The number of nitrogens with two attached hydrogens (primary N) is 1. The van der Waals surface area contributed by atoms with E-state index in [1.165, 1.54) is 0 Å². The molecule has 0 aromatic heterocycles. The van der Waals surface area contributed by atoms with Gasteiger partial charge in [0.05, 0.1) is 23.9 Å². The molecule has 0 saturated carbocycles. The average Bonchev–Trinajstić information content (AvgIpc) is 2.30. The number of hydrogen-bond acceptors (Lipinski definition) is 4. The lowest BCUT2D eigenvalue weighted by atomic mass is 10.3. The topological polar surface area (TPSA) is 73.6 Å². The predicted molar refractivity (Wildman–Crippen MR) is 67.2 cm³/mol. The Hall–Kier alpha value is -1.30. The number of anilines is 2. The minimum absolute atomic E-state index is 0.0219. The second-order valence-corrected chi connectivity index (χ2v) is 3.74. The Balaban J connectivity index is 2.37. The first kappa shape index (κ1) is 13.8. The van der Waals surface area contributed by atoms with Crippen LogP contribution in [-0.2, 0) is 14.3 Å². The number of amides is 1. The summed E-state index contributed by atoms with van der Waals surface area (Å²) in [5, 5.41) is 3.10. The van der Waals surface area contributed by atoms with Gasteiger partial charge < -0.3 is 20.5 Å². The smallest absolute Gasteiger partial charge is 0.250 e. The summed E-state index contributed by atoms with van der Waals surface area (Å²) in [5.41, 5.74) is 6.62. The van der Waals surface area contributed by atoms with Gasteiger partial charge >= 0.3 is 0 Å². The molecule has 1 rings (SSSR count). The van der Waals surface area contributed by atoms with Crippen molar-refractivity contribution in [2.24, 2.45) is 0 Å². The molecule has 6 heteroatoms. The number of methoxy groups -OCH3 is 1. The average molecular weight is 259 g/mol. The third-order valence-electron chi connectivity index (χ3n) is 1.94. The Morgan fingerprint density at radius 1 is 1.47 bits per heavy atom. The fraction of sp³-hybridized carbons (Fsp3) is 0.364. The van der Waals surface area contributed by atoms with Crippen molar-refractivity contribution in [2.45, 2.75) is 0 Å². The molecule has 0 aliphatic rings. The molecule has 0 spiro atoms. The van der Waals surface area contributed by atoms with Gasteiger partial charge in [0, 0.05) is 12.8 Å². The van der Waals surface area contributed by atoms with Gasteiger partial charge in [0.15, 0.2) is 0 Å². The van der Waals surface area contributed by atoms with E-state index in [9.17, 15) is 4.79 Å². The summed E-state index contributed by atoms with van der Waals surface area (Å²) in [6.07, 6.45) is 0. The van der Waals surface area contributed by atoms with E-state index in [0.29, 0.717) is 29.6 Å². The predicted octanol–water partition coefficient (Wildman–Crippen LogP) is 1.52. The van der Waals surface area contributed by atoms with Crippen LogP contribution < -0.4 is 11.1 Å². The molecule has 1 aromatic carbocycles. The van der Waals surface area contributed by atoms with Gasteiger partial charge in [-0.15, -0.1) is 0 Å². The monoisotopic (exact) mass is 258 g/mol. The molecular formula is C11H15ClN2O3. The number of ether oxygens (including phenoxy) is 2. The zero-order valence-corrected chi connectivity index (χ0v) is 10.3. The van der Waals surface area contributed by atoms with Crippen molar-refractivity contribution in [3.05, 3.63) is 23.2 Å². The maximum absolute atomic E-state index is 11.4. The maximum Gasteiger partial charge on any atom is 0.250 e. The second kappa shape index (κ2) is 7.11. The highest BCUT2D eigenvalue weighted by Gasteiger charge is 2.04. The minimum Gasteiger partial charge on any atom is -0.397 e. The second-order valence-electron chi connectivity index (χ2n) is 3.33. The Morgan fingerprint density at radius 3 is 2.88 bits per heavy atom. The summed E-state index contributed by atoms with van der Waals surface area (Å²) in [7, 11) is 1.57. The summed E-state index contributed by atoms with van der Waals surface area (Å²) < 4.78 is 9.85. The number of nitrogens with one attached hydrogen (secondary N) is 1. The molecule has 0 radical (unpaired) electrons. The van der Waals surface area contributed by atoms with Gasteiger partial charge in [-0.25, -0.2) is 0 Å². The lowest BCUT2D eigenvalue weighted by molar-refractivity contribution is -0.121. The van der Waals surface area contributed by atoms with Gasteiger partial charge in [0.25, 0.3) is 0 Å². The van der Waals surface area contributed by atoms with E-state index < -0.39 is 0 Å². The van der Waals surface area contributed by atoms with Crippen molar-refractivity contribution in [3.63, 3.8) is 0 Å². The minimum atomic E-state index is -0.247. The van der Waals surface area contributed by atoms with Crippen LogP contribution in [-0.4, -0.2) is 32.8 Å². The quantitative estimate of drug-likeness (QED) is 0.599. The summed E-state index contributed by atoms with van der Waals surface area (Å²) >= 11 is 5.76. The molecule has 1 amide bonds. The van der Waals surface area contributed by atoms with Gasteiger partial charge in [-0.1, -0.05) is 11.6 Å². The molecule has 0 atom stereocenters.